The number of aliphatic hydroxyl groups is 4. The van der Waals surface area contributed by atoms with Crippen LogP contribution in [-0.2, 0) is 0 Å². The van der Waals surface area contributed by atoms with E-state index in [0.717, 1.165) is 51.4 Å². The fraction of sp³-hybridized carbons (Fsp3) is 0.800. The molecule has 44 heavy (non-hydrogen) atoms. The molecule has 0 saturated heterocycles. The van der Waals surface area contributed by atoms with Gasteiger partial charge >= 0.3 is 0 Å². The van der Waals surface area contributed by atoms with Gasteiger partial charge in [0.1, 0.15) is 0 Å². The molecule has 0 spiro atoms. The predicted octanol–water partition coefficient (Wildman–Crippen LogP) is 9.44. The Morgan fingerprint density at radius 3 is 0.841 bits per heavy atom. The van der Waals surface area contributed by atoms with Gasteiger partial charge in [0.05, 0.1) is 0 Å². The van der Waals surface area contributed by atoms with Gasteiger partial charge in [0.2, 0.25) is 0 Å². The molecule has 4 rings (SSSR count). The molecule has 0 unspecified atom stereocenters. The normalized spacial score (nSPS) is 34.5. The smallest absolute Gasteiger partial charge is 0.0439 e. The summed E-state index contributed by atoms with van der Waals surface area (Å²) in [6.45, 7) is 28.2. The van der Waals surface area contributed by atoms with E-state index in [-0.39, 0.29) is 32.5 Å². The third-order valence-corrected chi connectivity index (χ3v) is 13.2. The molecule has 0 amide bonds. The van der Waals surface area contributed by atoms with E-state index in [1.165, 1.54) is 0 Å². The predicted molar refractivity (Wildman–Crippen MR) is 189 cm³/mol. The molecule has 0 aliphatic heterocycles. The number of aliphatic hydroxyl groups excluding tert-OH is 4. The Kier molecular flexibility index (Phi) is 14.5. The van der Waals surface area contributed by atoms with Crippen molar-refractivity contribution in [2.75, 3.05) is 26.4 Å². The maximum Gasteiger partial charge on any atom is 0.0439 e. The van der Waals surface area contributed by atoms with Gasteiger partial charge in [0, 0.05) is 26.4 Å². The Bertz CT molecular complexity index is 919. The van der Waals surface area contributed by atoms with Gasteiger partial charge in [0.25, 0.3) is 0 Å². The summed E-state index contributed by atoms with van der Waals surface area (Å²) in [5, 5.41) is 35.6. The van der Waals surface area contributed by atoms with Crippen molar-refractivity contribution in [2.45, 2.75) is 134 Å². The van der Waals surface area contributed by atoms with Crippen molar-refractivity contribution in [3.05, 3.63) is 48.6 Å². The Morgan fingerprint density at radius 2 is 0.659 bits per heavy atom. The molecule has 4 aliphatic rings. The molecular formula is C40H72O4. The second-order valence-electron chi connectivity index (χ2n) is 17.5. The third-order valence-electron chi connectivity index (χ3n) is 13.2. The molecule has 0 aromatic rings. The zero-order valence-electron chi connectivity index (χ0n) is 30.9. The summed E-state index contributed by atoms with van der Waals surface area (Å²) < 4.78 is 0. The number of rotatable bonds is 8. The molecule has 0 aromatic carbocycles. The topological polar surface area (TPSA) is 80.9 Å². The molecule has 256 valence electrons. The van der Waals surface area contributed by atoms with Crippen LogP contribution >= 0.6 is 0 Å². The van der Waals surface area contributed by atoms with E-state index in [4.69, 9.17) is 20.4 Å². The van der Waals surface area contributed by atoms with E-state index in [9.17, 15) is 0 Å². The van der Waals surface area contributed by atoms with Crippen LogP contribution in [0.25, 0.3) is 0 Å². The van der Waals surface area contributed by atoms with E-state index < -0.39 is 0 Å². The van der Waals surface area contributed by atoms with Crippen molar-refractivity contribution >= 4 is 0 Å². The van der Waals surface area contributed by atoms with Crippen molar-refractivity contribution in [2.24, 2.45) is 43.3 Å². The zero-order chi connectivity index (χ0) is 34.1. The summed E-state index contributed by atoms with van der Waals surface area (Å²) in [7, 11) is 0. The quantitative estimate of drug-likeness (QED) is 0.205. The van der Waals surface area contributed by atoms with E-state index in [1.54, 1.807) is 0 Å². The Hall–Kier alpha value is -1.20. The van der Waals surface area contributed by atoms with Crippen LogP contribution < -0.4 is 0 Å². The molecule has 4 nitrogen and oxygen atoms in total. The zero-order valence-corrected chi connectivity index (χ0v) is 30.9. The average molecular weight is 617 g/mol. The Morgan fingerprint density at radius 1 is 0.386 bits per heavy atom. The lowest BCUT2D eigenvalue weighted by Crippen LogP contribution is -2.30. The van der Waals surface area contributed by atoms with Crippen LogP contribution in [0.15, 0.2) is 48.6 Å². The Labute approximate surface area is 272 Å². The van der Waals surface area contributed by atoms with Gasteiger partial charge in [-0.15, -0.1) is 0 Å². The SMILES string of the molecule is CC1(C)C=CC[C@@]1(C)CCO.CC1(C)C=CC[C@]1(C)CCO.CC1(C)CC=C[C@@]1(C)CCO.CC1(C)CC=C[C@]1(C)CCO. The molecular weight excluding hydrogens is 544 g/mol. The lowest BCUT2D eigenvalue weighted by Gasteiger charge is -2.37. The van der Waals surface area contributed by atoms with Crippen LogP contribution in [0.1, 0.15) is 134 Å². The Balaban J connectivity index is 0.000000293. The number of hydrogen-bond acceptors (Lipinski definition) is 4. The minimum Gasteiger partial charge on any atom is -0.396 e. The summed E-state index contributed by atoms with van der Waals surface area (Å²) in [5.74, 6) is 0. The molecule has 0 aromatic heterocycles. The summed E-state index contributed by atoms with van der Waals surface area (Å²) in [6.07, 6.45) is 26.1. The van der Waals surface area contributed by atoms with Crippen LogP contribution in [0.2, 0.25) is 0 Å². The van der Waals surface area contributed by atoms with Gasteiger partial charge in [-0.05, 0) is 94.7 Å². The van der Waals surface area contributed by atoms with Crippen molar-refractivity contribution in [1.29, 1.82) is 0 Å². The summed E-state index contributed by atoms with van der Waals surface area (Å²) in [5.41, 5.74) is 2.16. The minimum atomic E-state index is 0.210. The van der Waals surface area contributed by atoms with Gasteiger partial charge in [-0.3, -0.25) is 0 Å². The number of hydrogen-bond donors (Lipinski definition) is 4. The van der Waals surface area contributed by atoms with Crippen molar-refractivity contribution < 1.29 is 20.4 Å². The van der Waals surface area contributed by atoms with Crippen molar-refractivity contribution in [3.63, 3.8) is 0 Å². The summed E-state index contributed by atoms with van der Waals surface area (Å²) in [4.78, 5) is 0. The van der Waals surface area contributed by atoms with Gasteiger partial charge < -0.3 is 20.4 Å². The van der Waals surface area contributed by atoms with E-state index in [1.807, 2.05) is 0 Å². The highest BCUT2D eigenvalue weighted by Gasteiger charge is 2.43. The first-order chi connectivity index (χ1) is 20.1. The molecule has 0 bridgehead atoms. The molecule has 0 heterocycles. The molecule has 4 aliphatic carbocycles. The fourth-order valence-corrected chi connectivity index (χ4v) is 6.95. The lowest BCUT2D eigenvalue weighted by atomic mass is 9.67. The van der Waals surface area contributed by atoms with Crippen LogP contribution in [0.5, 0.6) is 0 Å². The fourth-order valence-electron chi connectivity index (χ4n) is 6.95. The highest BCUT2D eigenvalue weighted by molar-refractivity contribution is 5.15. The molecule has 0 saturated carbocycles. The maximum atomic E-state index is 8.90. The summed E-state index contributed by atoms with van der Waals surface area (Å²) >= 11 is 0. The first kappa shape index (κ1) is 40.8. The van der Waals surface area contributed by atoms with E-state index >= 15 is 0 Å². The first-order valence-corrected chi connectivity index (χ1v) is 17.2. The van der Waals surface area contributed by atoms with Crippen molar-refractivity contribution in [3.8, 4) is 0 Å². The van der Waals surface area contributed by atoms with Gasteiger partial charge in [-0.2, -0.15) is 0 Å². The van der Waals surface area contributed by atoms with Crippen LogP contribution in [0.3, 0.4) is 0 Å². The highest BCUT2D eigenvalue weighted by atomic mass is 16.3. The number of allylic oxidation sites excluding steroid dienone is 8. The van der Waals surface area contributed by atoms with Crippen molar-refractivity contribution in [1.82, 2.24) is 0 Å². The van der Waals surface area contributed by atoms with Crippen LogP contribution in [0, 0.1) is 43.3 Å². The monoisotopic (exact) mass is 617 g/mol. The van der Waals surface area contributed by atoms with E-state index in [2.05, 4.69) is 132 Å². The second-order valence-corrected chi connectivity index (χ2v) is 17.5. The average Bonchev–Trinajstić information content (AvgIpc) is 3.51. The van der Waals surface area contributed by atoms with Gasteiger partial charge in [-0.25, -0.2) is 0 Å². The third kappa shape index (κ3) is 9.43. The minimum absolute atomic E-state index is 0.210. The molecule has 4 heteroatoms. The molecule has 0 radical (unpaired) electrons. The highest BCUT2D eigenvalue weighted by Crippen LogP contribution is 2.52. The van der Waals surface area contributed by atoms with Gasteiger partial charge in [0.15, 0.2) is 0 Å². The molecule has 0 fully saturated rings. The van der Waals surface area contributed by atoms with E-state index in [0.29, 0.717) is 37.3 Å². The molecule has 4 N–H and O–H groups in total. The van der Waals surface area contributed by atoms with Gasteiger partial charge in [-0.1, -0.05) is 132 Å². The maximum absolute atomic E-state index is 8.90. The largest absolute Gasteiger partial charge is 0.396 e. The molecule has 4 atom stereocenters. The summed E-state index contributed by atoms with van der Waals surface area (Å²) in [6, 6.07) is 0. The second kappa shape index (κ2) is 15.6. The standard InChI is InChI=1S/4C10H18O/c4*1-9(2)5-4-6-10(9,3)7-8-11/h2*4,6,11H,5,7-8H2,1-3H3;2*4-5,11H,6-8H2,1-3H3/t4*10-/m1010/s1. The van der Waals surface area contributed by atoms with Crippen LogP contribution in [-0.4, -0.2) is 46.9 Å². The first-order valence-electron chi connectivity index (χ1n) is 17.2. The van der Waals surface area contributed by atoms with Crippen LogP contribution in [0.4, 0.5) is 0 Å². The lowest BCUT2D eigenvalue weighted by molar-refractivity contribution is 0.111.